The normalized spacial score (nSPS) is 11.0. The molecule has 0 amide bonds. The zero-order valence-electron chi connectivity index (χ0n) is 10.9. The molecule has 0 bridgehead atoms. The number of rotatable bonds is 7. The lowest BCUT2D eigenvalue weighted by Crippen LogP contribution is -2.04. The Morgan fingerprint density at radius 3 is 3.05 bits per heavy atom. The Labute approximate surface area is 116 Å². The molecular weight excluding hydrogens is 262 g/mol. The molecule has 0 spiro atoms. The molecule has 0 fully saturated rings. The van der Waals surface area contributed by atoms with Crippen LogP contribution in [0.4, 0.5) is 0 Å². The van der Waals surface area contributed by atoms with E-state index in [0.717, 1.165) is 42.1 Å². The lowest BCUT2D eigenvalue weighted by atomic mass is 10.2. The second-order valence-corrected chi connectivity index (χ2v) is 5.22. The first-order valence-corrected chi connectivity index (χ1v) is 7.36. The van der Waals surface area contributed by atoms with Crippen LogP contribution >= 0.6 is 11.8 Å². The van der Waals surface area contributed by atoms with E-state index in [0.29, 0.717) is 0 Å². The van der Waals surface area contributed by atoms with Crippen molar-refractivity contribution < 1.29 is 9.90 Å². The highest BCUT2D eigenvalue weighted by Gasteiger charge is 2.12. The summed E-state index contributed by atoms with van der Waals surface area (Å²) in [7, 11) is 0. The lowest BCUT2D eigenvalue weighted by Gasteiger charge is -2.06. The monoisotopic (exact) mass is 279 g/mol. The number of aromatic nitrogens is 3. The van der Waals surface area contributed by atoms with Crippen LogP contribution in [0.3, 0.4) is 0 Å². The molecular formula is C13H17N3O2S. The standard InChI is InChI=1S/C13H17N3O2S/c1-2-3-4-8-16-12-10(6-5-7-14-12)15-13(16)19-9-11(17)18/h5-7H,2-4,8-9H2,1H3,(H,17,18). The maximum absolute atomic E-state index is 10.7. The summed E-state index contributed by atoms with van der Waals surface area (Å²) < 4.78 is 2.03. The molecule has 2 aromatic heterocycles. The molecule has 0 unspecified atom stereocenters. The Morgan fingerprint density at radius 1 is 1.47 bits per heavy atom. The minimum atomic E-state index is -0.829. The van der Waals surface area contributed by atoms with Crippen LogP contribution < -0.4 is 0 Å². The van der Waals surface area contributed by atoms with Gasteiger partial charge in [0.05, 0.1) is 5.75 Å². The molecule has 19 heavy (non-hydrogen) atoms. The number of fused-ring (bicyclic) bond motifs is 1. The number of carboxylic acids is 1. The summed E-state index contributed by atoms with van der Waals surface area (Å²) in [5, 5.41) is 9.52. The molecule has 0 aliphatic carbocycles. The maximum Gasteiger partial charge on any atom is 0.313 e. The second-order valence-electron chi connectivity index (χ2n) is 4.28. The summed E-state index contributed by atoms with van der Waals surface area (Å²) in [5.41, 5.74) is 1.67. The highest BCUT2D eigenvalue weighted by Crippen LogP contribution is 2.23. The lowest BCUT2D eigenvalue weighted by molar-refractivity contribution is -0.133. The summed E-state index contributed by atoms with van der Waals surface area (Å²) in [4.78, 5) is 19.5. The molecule has 0 saturated carbocycles. The number of pyridine rings is 1. The zero-order chi connectivity index (χ0) is 13.7. The van der Waals surface area contributed by atoms with Gasteiger partial charge in [0, 0.05) is 12.7 Å². The average molecular weight is 279 g/mol. The van der Waals surface area contributed by atoms with Crippen molar-refractivity contribution in [3.05, 3.63) is 18.3 Å². The molecule has 102 valence electrons. The Kier molecular flexibility index (Phi) is 4.79. The van der Waals surface area contributed by atoms with Gasteiger partial charge in [0.25, 0.3) is 0 Å². The highest BCUT2D eigenvalue weighted by molar-refractivity contribution is 7.99. The van der Waals surface area contributed by atoms with Crippen molar-refractivity contribution in [1.29, 1.82) is 0 Å². The van der Waals surface area contributed by atoms with Crippen LogP contribution in [-0.4, -0.2) is 31.4 Å². The summed E-state index contributed by atoms with van der Waals surface area (Å²) in [6.07, 6.45) is 5.10. The predicted molar refractivity (Wildman–Crippen MR) is 75.4 cm³/mol. The summed E-state index contributed by atoms with van der Waals surface area (Å²) in [6, 6.07) is 3.75. The molecule has 1 N–H and O–H groups in total. The molecule has 6 heteroatoms. The summed E-state index contributed by atoms with van der Waals surface area (Å²) in [5.74, 6) is -0.804. The fourth-order valence-corrected chi connectivity index (χ4v) is 2.64. The number of imidazole rings is 1. The van der Waals surface area contributed by atoms with Gasteiger partial charge in [-0.3, -0.25) is 4.79 Å². The molecule has 0 aromatic carbocycles. The van der Waals surface area contributed by atoms with Gasteiger partial charge in [-0.15, -0.1) is 0 Å². The number of aliphatic carboxylic acids is 1. The molecule has 0 aliphatic heterocycles. The first kappa shape index (κ1) is 13.9. The quantitative estimate of drug-likeness (QED) is 0.623. The van der Waals surface area contributed by atoms with Crippen molar-refractivity contribution in [3.63, 3.8) is 0 Å². The van der Waals surface area contributed by atoms with Crippen LogP contribution in [0.5, 0.6) is 0 Å². The van der Waals surface area contributed by atoms with Gasteiger partial charge in [0.15, 0.2) is 10.8 Å². The van der Waals surface area contributed by atoms with E-state index in [2.05, 4.69) is 16.9 Å². The van der Waals surface area contributed by atoms with Crippen molar-refractivity contribution in [2.75, 3.05) is 5.75 Å². The highest BCUT2D eigenvalue weighted by atomic mass is 32.2. The first-order valence-electron chi connectivity index (χ1n) is 6.38. The minimum Gasteiger partial charge on any atom is -0.481 e. The third-order valence-corrected chi connectivity index (χ3v) is 3.74. The van der Waals surface area contributed by atoms with E-state index >= 15 is 0 Å². The average Bonchev–Trinajstić information content (AvgIpc) is 2.75. The molecule has 2 rings (SSSR count). The summed E-state index contributed by atoms with van der Waals surface area (Å²) >= 11 is 1.25. The first-order chi connectivity index (χ1) is 9.22. The van der Waals surface area contributed by atoms with Crippen molar-refractivity contribution in [2.24, 2.45) is 0 Å². The largest absolute Gasteiger partial charge is 0.481 e. The van der Waals surface area contributed by atoms with Crippen molar-refractivity contribution >= 4 is 28.9 Å². The van der Waals surface area contributed by atoms with Crippen molar-refractivity contribution in [2.45, 2.75) is 37.9 Å². The molecule has 0 saturated heterocycles. The summed E-state index contributed by atoms with van der Waals surface area (Å²) in [6.45, 7) is 2.99. The van der Waals surface area contributed by atoms with Crippen LogP contribution in [-0.2, 0) is 11.3 Å². The minimum absolute atomic E-state index is 0.0249. The van der Waals surface area contributed by atoms with Crippen LogP contribution in [0.1, 0.15) is 26.2 Å². The zero-order valence-corrected chi connectivity index (χ0v) is 11.7. The van der Waals surface area contributed by atoms with Crippen molar-refractivity contribution in [1.82, 2.24) is 14.5 Å². The van der Waals surface area contributed by atoms with E-state index in [4.69, 9.17) is 5.11 Å². The molecule has 2 heterocycles. The van der Waals surface area contributed by atoms with Gasteiger partial charge in [0.1, 0.15) is 5.52 Å². The van der Waals surface area contributed by atoms with E-state index < -0.39 is 5.97 Å². The van der Waals surface area contributed by atoms with E-state index in [-0.39, 0.29) is 5.75 Å². The fraction of sp³-hybridized carbons (Fsp3) is 0.462. The number of nitrogens with zero attached hydrogens (tertiary/aromatic N) is 3. The van der Waals surface area contributed by atoms with Crippen LogP contribution in [0.25, 0.3) is 11.2 Å². The number of hydrogen-bond donors (Lipinski definition) is 1. The van der Waals surface area contributed by atoms with Gasteiger partial charge in [-0.2, -0.15) is 0 Å². The maximum atomic E-state index is 10.7. The van der Waals surface area contributed by atoms with E-state index in [1.54, 1.807) is 6.20 Å². The number of carboxylic acid groups (broad SMARTS) is 1. The van der Waals surface area contributed by atoms with E-state index in [9.17, 15) is 4.79 Å². The van der Waals surface area contributed by atoms with Gasteiger partial charge in [0.2, 0.25) is 0 Å². The van der Waals surface area contributed by atoms with E-state index in [1.165, 1.54) is 11.8 Å². The van der Waals surface area contributed by atoms with Crippen LogP contribution in [0.15, 0.2) is 23.5 Å². The number of aryl methyl sites for hydroxylation is 1. The molecule has 0 aliphatic rings. The van der Waals surface area contributed by atoms with Gasteiger partial charge < -0.3 is 9.67 Å². The van der Waals surface area contributed by atoms with E-state index in [1.807, 2.05) is 16.7 Å². The van der Waals surface area contributed by atoms with Gasteiger partial charge in [-0.25, -0.2) is 9.97 Å². The molecule has 2 aromatic rings. The Bertz CT molecular complexity index is 568. The topological polar surface area (TPSA) is 68.0 Å². The number of hydrogen-bond acceptors (Lipinski definition) is 4. The number of unbranched alkanes of at least 4 members (excludes halogenated alkanes) is 2. The smallest absolute Gasteiger partial charge is 0.313 e. The number of thioether (sulfide) groups is 1. The van der Waals surface area contributed by atoms with Gasteiger partial charge >= 0.3 is 5.97 Å². The Balaban J connectivity index is 2.26. The predicted octanol–water partition coefficient (Wildman–Crippen LogP) is 2.80. The van der Waals surface area contributed by atoms with Crippen LogP contribution in [0.2, 0.25) is 0 Å². The van der Waals surface area contributed by atoms with Gasteiger partial charge in [-0.05, 0) is 18.6 Å². The molecule has 0 atom stereocenters. The Hall–Kier alpha value is -1.56. The third-order valence-electron chi connectivity index (χ3n) is 2.78. The van der Waals surface area contributed by atoms with Crippen molar-refractivity contribution in [3.8, 4) is 0 Å². The SMILES string of the molecule is CCCCCn1c(SCC(=O)O)nc2cccnc21. The fourth-order valence-electron chi connectivity index (χ4n) is 1.90. The van der Waals surface area contributed by atoms with Gasteiger partial charge in [-0.1, -0.05) is 31.5 Å². The third kappa shape index (κ3) is 3.47. The van der Waals surface area contributed by atoms with Crippen LogP contribution in [0, 0.1) is 0 Å². The molecule has 5 nitrogen and oxygen atoms in total. The number of carbonyl (C=O) groups is 1. The molecule has 0 radical (unpaired) electrons. The second kappa shape index (κ2) is 6.56. The Morgan fingerprint density at radius 2 is 2.32 bits per heavy atom.